The molecule has 5 nitrogen and oxygen atoms in total. The van der Waals surface area contributed by atoms with E-state index in [9.17, 15) is 9.65 Å². The van der Waals surface area contributed by atoms with E-state index >= 15 is 4.39 Å². The Balaban J connectivity index is 0.00000274. The molecule has 172 valence electrons. The summed E-state index contributed by atoms with van der Waals surface area (Å²) in [5, 5.41) is 14.1. The molecular weight excluding hydrogens is 615 g/mol. The molecular formula is C26H19F2N5Pt. The van der Waals surface area contributed by atoms with E-state index in [4.69, 9.17) is 9.97 Å². The van der Waals surface area contributed by atoms with Gasteiger partial charge in [-0.25, -0.2) is 10.4 Å². The van der Waals surface area contributed by atoms with Crippen molar-refractivity contribution in [1.82, 2.24) is 19.7 Å². The largest absolute Gasteiger partial charge is 2.00 e. The summed E-state index contributed by atoms with van der Waals surface area (Å²) in [5.74, 6) is -1.06. The Morgan fingerprint density at radius 1 is 0.912 bits per heavy atom. The second kappa shape index (κ2) is 8.21. The van der Waals surface area contributed by atoms with Gasteiger partial charge in [0.1, 0.15) is 0 Å². The van der Waals surface area contributed by atoms with Crippen LogP contribution in [0.15, 0.2) is 42.5 Å². The number of benzene rings is 1. The quantitative estimate of drug-likeness (QED) is 0.255. The molecule has 4 heterocycles. The van der Waals surface area contributed by atoms with Gasteiger partial charge in [0.25, 0.3) is 0 Å². The van der Waals surface area contributed by atoms with Gasteiger partial charge in [-0.05, 0) is 37.1 Å². The van der Waals surface area contributed by atoms with Crippen LogP contribution in [-0.2, 0) is 31.9 Å². The predicted molar refractivity (Wildman–Crippen MR) is 118 cm³/mol. The molecule has 0 amide bonds. The maximum Gasteiger partial charge on any atom is 2.00 e. The number of rotatable bonds is 0. The SMILES string of the molecule is CC1(C)c2cccc(n2)-c2[c-]c(c(F)cc2F)C(C)(C)c2[c-]n(nc2C#N)-c2cccc1n2.[Pt+2]. The maximum atomic E-state index is 15.1. The molecule has 0 atom stereocenters. The summed E-state index contributed by atoms with van der Waals surface area (Å²) in [7, 11) is 0. The number of pyridine rings is 2. The van der Waals surface area contributed by atoms with E-state index in [0.717, 1.165) is 6.07 Å². The van der Waals surface area contributed by atoms with Crippen LogP contribution in [0.3, 0.4) is 0 Å². The van der Waals surface area contributed by atoms with E-state index in [1.165, 1.54) is 4.68 Å². The number of nitriles is 1. The number of fused-ring (bicyclic) bond motifs is 10. The summed E-state index contributed by atoms with van der Waals surface area (Å²) < 4.78 is 31.4. The second-order valence-electron chi connectivity index (χ2n) is 9.11. The van der Waals surface area contributed by atoms with Crippen LogP contribution in [0.25, 0.3) is 17.1 Å². The number of hydrogen-bond acceptors (Lipinski definition) is 4. The van der Waals surface area contributed by atoms with Gasteiger partial charge in [-0.2, -0.15) is 0 Å². The molecule has 0 radical (unpaired) electrons. The Morgan fingerprint density at radius 3 is 2.29 bits per heavy atom. The van der Waals surface area contributed by atoms with Crippen molar-refractivity contribution in [2.75, 3.05) is 0 Å². The average molecular weight is 635 g/mol. The summed E-state index contributed by atoms with van der Waals surface area (Å²) in [5.41, 5.74) is 0.595. The van der Waals surface area contributed by atoms with Crippen molar-refractivity contribution in [3.05, 3.63) is 94.6 Å². The summed E-state index contributed by atoms with van der Waals surface area (Å²) in [6, 6.07) is 16.6. The molecule has 1 aromatic carbocycles. The van der Waals surface area contributed by atoms with E-state index in [0.29, 0.717) is 28.5 Å². The normalized spacial score (nSPS) is 15.0. The molecule has 0 saturated heterocycles. The van der Waals surface area contributed by atoms with Gasteiger partial charge in [-0.1, -0.05) is 67.1 Å². The Hall–Kier alpha value is -3.23. The summed E-state index contributed by atoms with van der Waals surface area (Å²) in [6.07, 6.45) is 3.10. The van der Waals surface area contributed by atoms with E-state index < -0.39 is 22.5 Å². The van der Waals surface area contributed by atoms with Crippen molar-refractivity contribution in [1.29, 1.82) is 5.26 Å². The van der Waals surface area contributed by atoms with Crippen LogP contribution in [-0.4, -0.2) is 19.7 Å². The zero-order chi connectivity index (χ0) is 23.5. The first-order valence-electron chi connectivity index (χ1n) is 10.4. The molecule has 3 aromatic heterocycles. The third kappa shape index (κ3) is 3.58. The minimum atomic E-state index is -1.09. The fourth-order valence-corrected chi connectivity index (χ4v) is 4.17. The third-order valence-corrected chi connectivity index (χ3v) is 6.23. The number of nitrogens with zero attached hydrogens (tertiary/aromatic N) is 5. The predicted octanol–water partition coefficient (Wildman–Crippen LogP) is 5.04. The minimum absolute atomic E-state index is 0. The Bertz CT molecular complexity index is 1470. The van der Waals surface area contributed by atoms with Gasteiger partial charge in [0, 0.05) is 28.4 Å². The molecule has 1 aliphatic heterocycles. The van der Waals surface area contributed by atoms with Crippen LogP contribution in [0.2, 0.25) is 0 Å². The molecule has 8 heteroatoms. The first-order chi connectivity index (χ1) is 15.6. The van der Waals surface area contributed by atoms with Gasteiger partial charge < -0.3 is 9.67 Å². The zero-order valence-electron chi connectivity index (χ0n) is 18.8. The molecule has 0 spiro atoms. The number of hydrogen-bond donors (Lipinski definition) is 0. The van der Waals surface area contributed by atoms with Gasteiger partial charge in [0.2, 0.25) is 0 Å². The van der Waals surface area contributed by atoms with Gasteiger partial charge >= 0.3 is 21.1 Å². The van der Waals surface area contributed by atoms with Crippen molar-refractivity contribution in [3.8, 4) is 23.1 Å². The first kappa shape index (κ1) is 23.9. The van der Waals surface area contributed by atoms with E-state index in [1.807, 2.05) is 32.0 Å². The summed E-state index contributed by atoms with van der Waals surface area (Å²) in [4.78, 5) is 9.48. The molecule has 4 aromatic rings. The van der Waals surface area contributed by atoms with E-state index in [2.05, 4.69) is 23.4 Å². The van der Waals surface area contributed by atoms with Crippen LogP contribution in [0.4, 0.5) is 8.78 Å². The second-order valence-corrected chi connectivity index (χ2v) is 9.11. The molecule has 0 fully saturated rings. The smallest absolute Gasteiger partial charge is 0.342 e. The molecule has 5 rings (SSSR count). The van der Waals surface area contributed by atoms with Gasteiger partial charge in [-0.15, -0.1) is 6.07 Å². The summed E-state index contributed by atoms with van der Waals surface area (Å²) in [6.45, 7) is 7.39. The number of aromatic nitrogens is 4. The van der Waals surface area contributed by atoms with Gasteiger partial charge in [0.05, 0.1) is 17.6 Å². The monoisotopic (exact) mass is 634 g/mol. The first-order valence-corrected chi connectivity index (χ1v) is 10.4. The fourth-order valence-electron chi connectivity index (χ4n) is 4.17. The molecule has 0 N–H and O–H groups in total. The zero-order valence-corrected chi connectivity index (χ0v) is 21.1. The fraction of sp³-hybridized carbons (Fsp3) is 0.231. The van der Waals surface area contributed by atoms with Crippen molar-refractivity contribution in [3.63, 3.8) is 0 Å². The molecule has 34 heavy (non-hydrogen) atoms. The van der Waals surface area contributed by atoms with Crippen LogP contribution in [0.5, 0.6) is 0 Å². The molecule has 1 aliphatic rings. The van der Waals surface area contributed by atoms with Crippen molar-refractivity contribution < 1.29 is 29.8 Å². The van der Waals surface area contributed by atoms with Crippen molar-refractivity contribution in [2.45, 2.75) is 38.5 Å². The van der Waals surface area contributed by atoms with Crippen LogP contribution < -0.4 is 0 Å². The van der Waals surface area contributed by atoms with Gasteiger partial charge in [0.15, 0.2) is 0 Å². The van der Waals surface area contributed by atoms with Crippen LogP contribution in [0, 0.1) is 35.2 Å². The molecule has 0 unspecified atom stereocenters. The third-order valence-electron chi connectivity index (χ3n) is 6.23. The Morgan fingerprint density at radius 2 is 1.59 bits per heavy atom. The summed E-state index contributed by atoms with van der Waals surface area (Å²) >= 11 is 0. The van der Waals surface area contributed by atoms with E-state index in [-0.39, 0.29) is 37.9 Å². The average Bonchev–Trinajstić information content (AvgIpc) is 3.24. The maximum absolute atomic E-state index is 15.1. The topological polar surface area (TPSA) is 67.4 Å². The van der Waals surface area contributed by atoms with Crippen molar-refractivity contribution in [2.24, 2.45) is 0 Å². The number of halogens is 2. The molecule has 0 saturated carbocycles. The van der Waals surface area contributed by atoms with E-state index in [1.54, 1.807) is 32.0 Å². The molecule has 8 bridgehead atoms. The molecule has 0 aliphatic carbocycles. The van der Waals surface area contributed by atoms with Crippen LogP contribution in [0.1, 0.15) is 55.9 Å². The standard InChI is InChI=1S/C26H19F2N5.Pt/c1-25(2)16-11-15(18(27)12-19(16)28)20-7-5-8-22(30-20)26(3,4)23-9-6-10-24(31-23)33-14-17(25)21(13-29)32-33;/h5-10,12H,1-4H3;/q-2;+2. The van der Waals surface area contributed by atoms with Crippen molar-refractivity contribution >= 4 is 0 Å². The van der Waals surface area contributed by atoms with Crippen LogP contribution >= 0.6 is 0 Å². The van der Waals surface area contributed by atoms with Gasteiger partial charge in [-0.3, -0.25) is 13.8 Å². The minimum Gasteiger partial charge on any atom is -0.342 e. The Labute approximate surface area is 210 Å². The Kier molecular flexibility index (Phi) is 5.78.